The zero-order chi connectivity index (χ0) is 20.4. The summed E-state index contributed by atoms with van der Waals surface area (Å²) < 4.78 is 2.96. The molecule has 0 radical (unpaired) electrons. The molecule has 146 valence electrons. The van der Waals surface area contributed by atoms with Crippen LogP contribution in [0.1, 0.15) is 11.3 Å². The molecule has 0 fully saturated rings. The fourth-order valence-corrected chi connectivity index (χ4v) is 3.23. The van der Waals surface area contributed by atoms with Crippen LogP contribution in [-0.2, 0) is 17.9 Å². The van der Waals surface area contributed by atoms with Gasteiger partial charge in [-0.3, -0.25) is 10.1 Å². The molecular formula is C15H12BrCl2N7O3. The van der Waals surface area contributed by atoms with Crippen LogP contribution in [0.2, 0.25) is 10.0 Å². The van der Waals surface area contributed by atoms with Crippen LogP contribution in [-0.4, -0.2) is 35.4 Å². The molecule has 0 spiro atoms. The van der Waals surface area contributed by atoms with Gasteiger partial charge in [0.05, 0.1) is 17.3 Å². The highest BCUT2D eigenvalue weighted by molar-refractivity contribution is 9.10. The predicted octanol–water partition coefficient (Wildman–Crippen LogP) is 3.45. The molecule has 0 aliphatic carbocycles. The van der Waals surface area contributed by atoms with Crippen molar-refractivity contribution in [3.63, 3.8) is 0 Å². The van der Waals surface area contributed by atoms with Crippen molar-refractivity contribution in [1.29, 1.82) is 0 Å². The molecule has 1 aromatic carbocycles. The topological polar surface area (TPSA) is 121 Å². The average Bonchev–Trinajstić information content (AvgIpc) is 3.16. The number of carbonyl (C=O) groups excluding carboxylic acids is 1. The van der Waals surface area contributed by atoms with Gasteiger partial charge in [-0.2, -0.15) is 4.68 Å². The summed E-state index contributed by atoms with van der Waals surface area (Å²) in [6, 6.07) is 5.11. The third-order valence-electron chi connectivity index (χ3n) is 3.72. The summed E-state index contributed by atoms with van der Waals surface area (Å²) >= 11 is 15.1. The van der Waals surface area contributed by atoms with Crippen LogP contribution in [0.5, 0.6) is 0 Å². The predicted molar refractivity (Wildman–Crippen MR) is 106 cm³/mol. The number of hydrogen-bond donors (Lipinski definition) is 1. The van der Waals surface area contributed by atoms with Crippen molar-refractivity contribution in [2.24, 2.45) is 0 Å². The summed E-state index contributed by atoms with van der Waals surface area (Å²) in [5, 5.41) is 22.4. The van der Waals surface area contributed by atoms with Gasteiger partial charge in [0.1, 0.15) is 17.3 Å². The summed E-state index contributed by atoms with van der Waals surface area (Å²) in [4.78, 5) is 26.5. The number of aromatic nitrogens is 5. The zero-order valence-corrected chi connectivity index (χ0v) is 17.4. The maximum Gasteiger partial charge on any atom is 0.404 e. The third kappa shape index (κ3) is 4.49. The molecule has 1 N–H and O–H groups in total. The van der Waals surface area contributed by atoms with E-state index in [1.807, 2.05) is 0 Å². The van der Waals surface area contributed by atoms with Crippen LogP contribution in [0, 0.1) is 17.0 Å². The summed E-state index contributed by atoms with van der Waals surface area (Å²) in [7, 11) is 0. The van der Waals surface area contributed by atoms with E-state index in [4.69, 9.17) is 23.2 Å². The number of halogens is 3. The number of hydrogen-bond acceptors (Lipinski definition) is 6. The summed E-state index contributed by atoms with van der Waals surface area (Å²) in [5.41, 5.74) is 1.25. The van der Waals surface area contributed by atoms with Gasteiger partial charge in [-0.15, -0.1) is 5.10 Å². The fourth-order valence-electron chi connectivity index (χ4n) is 2.33. The van der Waals surface area contributed by atoms with Gasteiger partial charge in [0.2, 0.25) is 5.95 Å². The number of nitrogens with zero attached hydrogens (tertiary/aromatic N) is 6. The molecule has 28 heavy (non-hydrogen) atoms. The molecule has 3 rings (SSSR count). The molecule has 10 nitrogen and oxygen atoms in total. The minimum absolute atomic E-state index is 0.0912. The first-order chi connectivity index (χ1) is 13.2. The first kappa shape index (κ1) is 20.2. The third-order valence-corrected chi connectivity index (χ3v) is 5.23. The molecule has 0 unspecified atom stereocenters. The van der Waals surface area contributed by atoms with E-state index in [1.54, 1.807) is 25.1 Å². The van der Waals surface area contributed by atoms with Crippen molar-refractivity contribution < 1.29 is 9.72 Å². The van der Waals surface area contributed by atoms with Crippen LogP contribution in [0.15, 0.2) is 29.0 Å². The van der Waals surface area contributed by atoms with Crippen molar-refractivity contribution in [3.8, 4) is 0 Å². The normalized spacial score (nSPS) is 10.9. The summed E-state index contributed by atoms with van der Waals surface area (Å²) in [6.07, 6.45) is 1.45. The average molecular weight is 489 g/mol. The van der Waals surface area contributed by atoms with Gasteiger partial charge in [0.15, 0.2) is 0 Å². The van der Waals surface area contributed by atoms with E-state index >= 15 is 0 Å². The van der Waals surface area contributed by atoms with Gasteiger partial charge in [0, 0.05) is 10.0 Å². The van der Waals surface area contributed by atoms with Crippen LogP contribution < -0.4 is 5.32 Å². The Morgan fingerprint density at radius 3 is 2.75 bits per heavy atom. The van der Waals surface area contributed by atoms with E-state index in [-0.39, 0.29) is 22.8 Å². The minimum Gasteiger partial charge on any atom is -0.358 e. The molecular weight excluding hydrogens is 477 g/mol. The standard InChI is InChI=1S/C15H12BrCl2N7O3/c1-8-13(16)14(25(27)28)21-24(8)6-12(26)20-15-19-7-23(22-15)5-9-2-3-10(17)4-11(9)18/h2-4,7H,5-6H2,1H3,(H,20,22,26). The van der Waals surface area contributed by atoms with E-state index in [1.165, 1.54) is 15.7 Å². The fraction of sp³-hybridized carbons (Fsp3) is 0.200. The van der Waals surface area contributed by atoms with Gasteiger partial charge >= 0.3 is 5.82 Å². The van der Waals surface area contributed by atoms with Crippen LogP contribution in [0.3, 0.4) is 0 Å². The van der Waals surface area contributed by atoms with E-state index in [2.05, 4.69) is 36.4 Å². The van der Waals surface area contributed by atoms with Gasteiger partial charge in [0.25, 0.3) is 5.91 Å². The second-order valence-corrected chi connectivity index (χ2v) is 7.32. The van der Waals surface area contributed by atoms with Crippen LogP contribution in [0.25, 0.3) is 0 Å². The molecule has 2 aromatic heterocycles. The SMILES string of the molecule is Cc1c(Br)c([N+](=O)[O-])nn1CC(=O)Nc1ncn(Cc2ccc(Cl)cc2Cl)n1. The quantitative estimate of drug-likeness (QED) is 0.419. The van der Waals surface area contributed by atoms with E-state index in [0.29, 0.717) is 22.3 Å². The first-order valence-electron chi connectivity index (χ1n) is 7.75. The molecule has 13 heteroatoms. The molecule has 0 aliphatic heterocycles. The molecule has 0 saturated heterocycles. The number of anilines is 1. The lowest BCUT2D eigenvalue weighted by Gasteiger charge is -2.04. The Morgan fingerprint density at radius 1 is 1.36 bits per heavy atom. The van der Waals surface area contributed by atoms with Crippen molar-refractivity contribution in [2.75, 3.05) is 5.32 Å². The van der Waals surface area contributed by atoms with Crippen LogP contribution >= 0.6 is 39.1 Å². The number of carbonyl (C=O) groups is 1. The molecule has 2 heterocycles. The minimum atomic E-state index is -0.628. The Labute approximate surface area is 176 Å². The van der Waals surface area contributed by atoms with Gasteiger partial charge in [-0.25, -0.2) is 9.67 Å². The van der Waals surface area contributed by atoms with Crippen molar-refractivity contribution in [1.82, 2.24) is 24.5 Å². The molecule has 0 saturated carbocycles. The zero-order valence-electron chi connectivity index (χ0n) is 14.3. The highest BCUT2D eigenvalue weighted by Crippen LogP contribution is 2.27. The van der Waals surface area contributed by atoms with Crippen LogP contribution in [0.4, 0.5) is 11.8 Å². The summed E-state index contributed by atoms with van der Waals surface area (Å²) in [6.45, 7) is 1.73. The van der Waals surface area contributed by atoms with E-state index < -0.39 is 10.8 Å². The molecule has 1 amide bonds. The maximum atomic E-state index is 12.2. The Kier molecular flexibility index (Phi) is 5.96. The van der Waals surface area contributed by atoms with Gasteiger partial charge in [-0.1, -0.05) is 29.3 Å². The highest BCUT2D eigenvalue weighted by Gasteiger charge is 2.24. The van der Waals surface area contributed by atoms with Gasteiger partial charge < -0.3 is 10.1 Å². The second-order valence-electron chi connectivity index (χ2n) is 5.69. The Bertz CT molecular complexity index is 1070. The lowest BCUT2D eigenvalue weighted by molar-refractivity contribution is -0.390. The number of nitrogens with one attached hydrogen (secondary N) is 1. The van der Waals surface area contributed by atoms with Crippen molar-refractivity contribution in [2.45, 2.75) is 20.0 Å². The van der Waals surface area contributed by atoms with Gasteiger partial charge in [-0.05, 0) is 45.5 Å². The van der Waals surface area contributed by atoms with E-state index in [9.17, 15) is 14.9 Å². The number of rotatable bonds is 6. The molecule has 0 bridgehead atoms. The van der Waals surface area contributed by atoms with Crippen molar-refractivity contribution >= 4 is 56.8 Å². The van der Waals surface area contributed by atoms with E-state index in [0.717, 1.165) is 5.56 Å². The Balaban J connectivity index is 1.66. The maximum absolute atomic E-state index is 12.2. The lowest BCUT2D eigenvalue weighted by atomic mass is 10.2. The smallest absolute Gasteiger partial charge is 0.358 e. The monoisotopic (exact) mass is 487 g/mol. The Hall–Kier alpha value is -2.50. The summed E-state index contributed by atoms with van der Waals surface area (Å²) in [5.74, 6) is -0.740. The number of benzene rings is 1. The largest absolute Gasteiger partial charge is 0.404 e. The first-order valence-corrected chi connectivity index (χ1v) is 9.30. The number of nitro groups is 1. The second kappa shape index (κ2) is 8.25. The number of amides is 1. The molecule has 0 aliphatic rings. The van der Waals surface area contributed by atoms with Crippen molar-refractivity contribution in [3.05, 3.63) is 60.4 Å². The molecule has 0 atom stereocenters. The lowest BCUT2D eigenvalue weighted by Crippen LogP contribution is -2.21. The highest BCUT2D eigenvalue weighted by atomic mass is 79.9. The molecule has 3 aromatic rings. The Morgan fingerprint density at radius 2 is 2.11 bits per heavy atom.